The molecule has 1 atom stereocenters. The first-order chi connectivity index (χ1) is 10.8. The fourth-order valence-electron chi connectivity index (χ4n) is 3.01. The van der Waals surface area contributed by atoms with E-state index in [9.17, 15) is 9.59 Å². The number of unbranched alkanes of at least 4 members (excludes halogenated alkanes) is 2. The molecule has 5 heteroatoms. The largest absolute Gasteiger partial charge is 0.481 e. The van der Waals surface area contributed by atoms with Crippen LogP contribution in [-0.2, 0) is 9.59 Å². The van der Waals surface area contributed by atoms with Crippen molar-refractivity contribution in [2.75, 3.05) is 19.6 Å². The average Bonchev–Trinajstić information content (AvgIpc) is 2.47. The van der Waals surface area contributed by atoms with Crippen molar-refractivity contribution in [3.63, 3.8) is 0 Å². The molecular formula is C18H35NO4. The normalized spacial score (nSPS) is 13.9. The van der Waals surface area contributed by atoms with Gasteiger partial charge in [0.25, 0.3) is 0 Å². The Balaban J connectivity index is 4.33. The number of carbonyl (C=O) groups is 2. The third-order valence-electron chi connectivity index (χ3n) is 4.77. The van der Waals surface area contributed by atoms with Crippen LogP contribution in [0.4, 0.5) is 0 Å². The Morgan fingerprint density at radius 3 is 1.87 bits per heavy atom. The van der Waals surface area contributed by atoms with E-state index in [0.29, 0.717) is 0 Å². The van der Waals surface area contributed by atoms with Crippen LogP contribution in [0.25, 0.3) is 0 Å². The molecule has 1 unspecified atom stereocenters. The maximum Gasteiger partial charge on any atom is 0.303 e. The topological polar surface area (TPSA) is 77.8 Å². The highest BCUT2D eigenvalue weighted by atomic mass is 16.4. The fraction of sp³-hybridized carbons (Fsp3) is 0.889. The van der Waals surface area contributed by atoms with Crippen molar-refractivity contribution in [2.24, 2.45) is 5.41 Å². The predicted molar refractivity (Wildman–Crippen MR) is 92.7 cm³/mol. The van der Waals surface area contributed by atoms with Crippen LogP contribution in [0.3, 0.4) is 0 Å². The second-order valence-corrected chi connectivity index (χ2v) is 6.79. The molecule has 0 aliphatic rings. The maximum atomic E-state index is 10.7. The number of hydrogen-bond donors (Lipinski definition) is 2. The molecule has 0 fully saturated rings. The van der Waals surface area contributed by atoms with Crippen LogP contribution in [0.15, 0.2) is 0 Å². The Bertz CT molecular complexity index is 342. The van der Waals surface area contributed by atoms with Crippen LogP contribution in [0.5, 0.6) is 0 Å². The molecule has 0 aromatic rings. The van der Waals surface area contributed by atoms with E-state index in [1.165, 1.54) is 0 Å². The van der Waals surface area contributed by atoms with E-state index >= 15 is 0 Å². The fourth-order valence-corrected chi connectivity index (χ4v) is 3.01. The smallest absolute Gasteiger partial charge is 0.303 e. The number of hydrogen-bond acceptors (Lipinski definition) is 3. The Kier molecular flexibility index (Phi) is 11.7. The number of rotatable bonds is 15. The maximum absolute atomic E-state index is 10.7. The lowest BCUT2D eigenvalue weighted by molar-refractivity contribution is -0.138. The van der Waals surface area contributed by atoms with Gasteiger partial charge in [-0.25, -0.2) is 0 Å². The summed E-state index contributed by atoms with van der Waals surface area (Å²) in [4.78, 5) is 23.7. The van der Waals surface area contributed by atoms with Gasteiger partial charge in [-0.2, -0.15) is 0 Å². The lowest BCUT2D eigenvalue weighted by atomic mass is 9.77. The monoisotopic (exact) mass is 329 g/mol. The van der Waals surface area contributed by atoms with Gasteiger partial charge in [0.05, 0.1) is 0 Å². The zero-order chi connectivity index (χ0) is 17.7. The van der Waals surface area contributed by atoms with Gasteiger partial charge in [-0.15, -0.1) is 0 Å². The van der Waals surface area contributed by atoms with E-state index in [0.717, 1.165) is 64.6 Å². The molecule has 0 saturated heterocycles. The van der Waals surface area contributed by atoms with E-state index in [1.54, 1.807) is 0 Å². The molecule has 0 radical (unpaired) electrons. The van der Waals surface area contributed by atoms with Crippen LogP contribution in [-0.4, -0.2) is 46.7 Å². The van der Waals surface area contributed by atoms with Crippen LogP contribution in [0.1, 0.15) is 78.6 Å². The SMILES string of the molecule is CCN(CC)CCC(C)(CCCCCC(=O)O)CCCC(=O)O. The van der Waals surface area contributed by atoms with Crippen molar-refractivity contribution in [3.05, 3.63) is 0 Å². The van der Waals surface area contributed by atoms with E-state index in [4.69, 9.17) is 10.2 Å². The average molecular weight is 329 g/mol. The molecule has 0 aromatic carbocycles. The Hall–Kier alpha value is -1.10. The van der Waals surface area contributed by atoms with Gasteiger partial charge < -0.3 is 15.1 Å². The number of nitrogens with zero attached hydrogens (tertiary/aromatic N) is 1. The van der Waals surface area contributed by atoms with Gasteiger partial charge in [-0.05, 0) is 57.2 Å². The zero-order valence-electron chi connectivity index (χ0n) is 15.1. The Morgan fingerprint density at radius 2 is 1.35 bits per heavy atom. The second kappa shape index (κ2) is 12.3. The summed E-state index contributed by atoms with van der Waals surface area (Å²) in [6.45, 7) is 9.72. The van der Waals surface area contributed by atoms with E-state index in [-0.39, 0.29) is 18.3 Å². The highest BCUT2D eigenvalue weighted by molar-refractivity contribution is 5.66. The second-order valence-electron chi connectivity index (χ2n) is 6.79. The summed E-state index contributed by atoms with van der Waals surface area (Å²) in [5.41, 5.74) is 0.154. The van der Waals surface area contributed by atoms with Crippen LogP contribution < -0.4 is 0 Å². The molecule has 0 bridgehead atoms. The summed E-state index contributed by atoms with van der Waals surface area (Å²) in [5, 5.41) is 17.5. The lowest BCUT2D eigenvalue weighted by Gasteiger charge is -2.32. The quantitative estimate of drug-likeness (QED) is 0.444. The van der Waals surface area contributed by atoms with Gasteiger partial charge in [0.15, 0.2) is 0 Å². The molecule has 0 spiro atoms. The predicted octanol–water partition coefficient (Wildman–Crippen LogP) is 4.01. The summed E-state index contributed by atoms with van der Waals surface area (Å²) >= 11 is 0. The first-order valence-corrected chi connectivity index (χ1v) is 8.99. The number of carboxylic acid groups (broad SMARTS) is 2. The highest BCUT2D eigenvalue weighted by Gasteiger charge is 2.24. The molecule has 0 aliphatic carbocycles. The first-order valence-electron chi connectivity index (χ1n) is 8.99. The van der Waals surface area contributed by atoms with E-state index in [2.05, 4.69) is 25.7 Å². The minimum atomic E-state index is -0.726. The summed E-state index contributed by atoms with van der Waals surface area (Å²) in [7, 11) is 0. The standard InChI is InChI=1S/C18H35NO4/c1-4-19(5-2)15-14-18(3,13-9-11-17(22)23)12-8-6-7-10-16(20)21/h4-15H2,1-3H3,(H,20,21)(H,22,23). The summed E-state index contributed by atoms with van der Waals surface area (Å²) < 4.78 is 0. The van der Waals surface area contributed by atoms with E-state index < -0.39 is 11.9 Å². The Labute approximate surface area is 141 Å². The molecule has 0 rings (SSSR count). The van der Waals surface area contributed by atoms with Crippen molar-refractivity contribution < 1.29 is 19.8 Å². The van der Waals surface area contributed by atoms with Crippen molar-refractivity contribution in [3.8, 4) is 0 Å². The first kappa shape index (κ1) is 21.9. The number of carboxylic acids is 2. The molecular weight excluding hydrogens is 294 g/mol. The Morgan fingerprint density at radius 1 is 0.826 bits per heavy atom. The zero-order valence-corrected chi connectivity index (χ0v) is 15.1. The molecule has 5 nitrogen and oxygen atoms in total. The molecule has 2 N–H and O–H groups in total. The van der Waals surface area contributed by atoms with Crippen molar-refractivity contribution in [2.45, 2.75) is 78.6 Å². The minimum absolute atomic E-state index is 0.154. The van der Waals surface area contributed by atoms with Crippen LogP contribution >= 0.6 is 0 Å². The van der Waals surface area contributed by atoms with Crippen LogP contribution in [0, 0.1) is 5.41 Å². The van der Waals surface area contributed by atoms with Crippen molar-refractivity contribution in [1.29, 1.82) is 0 Å². The third kappa shape index (κ3) is 12.0. The highest BCUT2D eigenvalue weighted by Crippen LogP contribution is 2.34. The van der Waals surface area contributed by atoms with Gasteiger partial charge in [0.2, 0.25) is 0 Å². The van der Waals surface area contributed by atoms with Gasteiger partial charge in [-0.1, -0.05) is 33.6 Å². The molecule has 0 saturated carbocycles. The van der Waals surface area contributed by atoms with Gasteiger partial charge in [0, 0.05) is 12.8 Å². The molecule has 23 heavy (non-hydrogen) atoms. The molecule has 0 aromatic heterocycles. The van der Waals surface area contributed by atoms with Crippen molar-refractivity contribution in [1.82, 2.24) is 4.90 Å². The minimum Gasteiger partial charge on any atom is -0.481 e. The number of aliphatic carboxylic acids is 2. The summed E-state index contributed by atoms with van der Waals surface area (Å²) in [5.74, 6) is -1.45. The third-order valence-corrected chi connectivity index (χ3v) is 4.77. The van der Waals surface area contributed by atoms with Gasteiger partial charge in [-0.3, -0.25) is 9.59 Å². The molecule has 0 heterocycles. The molecule has 0 amide bonds. The summed E-state index contributed by atoms with van der Waals surface area (Å²) in [6, 6.07) is 0. The molecule has 136 valence electrons. The van der Waals surface area contributed by atoms with E-state index in [1.807, 2.05) is 0 Å². The summed E-state index contributed by atoms with van der Waals surface area (Å²) in [6.07, 6.45) is 6.95. The lowest BCUT2D eigenvalue weighted by Crippen LogP contribution is -2.29. The van der Waals surface area contributed by atoms with Gasteiger partial charge in [0.1, 0.15) is 0 Å². The molecule has 0 aliphatic heterocycles. The van der Waals surface area contributed by atoms with Crippen LogP contribution in [0.2, 0.25) is 0 Å². The van der Waals surface area contributed by atoms with Crippen molar-refractivity contribution >= 4 is 11.9 Å². The van der Waals surface area contributed by atoms with Gasteiger partial charge >= 0.3 is 11.9 Å².